The quantitative estimate of drug-likeness (QED) is 0.160. The number of ether oxygens (including phenoxy) is 5. The van der Waals surface area contributed by atoms with Crippen LogP contribution in [0.15, 0.2) is 24.8 Å². The molecule has 3 saturated heterocycles. The largest absolute Gasteiger partial charge is 0.455 e. The van der Waals surface area contributed by atoms with Crippen molar-refractivity contribution in [1.82, 2.24) is 30.4 Å². The molecule has 2 N–H and O–H groups in total. The Labute approximate surface area is 348 Å². The predicted octanol–water partition coefficient (Wildman–Crippen LogP) is 3.89. The lowest BCUT2D eigenvalue weighted by molar-refractivity contribution is -0.296. The van der Waals surface area contributed by atoms with Crippen LogP contribution in [-0.4, -0.2) is 134 Å². The summed E-state index contributed by atoms with van der Waals surface area (Å²) >= 11 is 1.34. The van der Waals surface area contributed by atoms with Gasteiger partial charge in [-0.25, -0.2) is 14.0 Å². The van der Waals surface area contributed by atoms with Crippen molar-refractivity contribution in [3.05, 3.63) is 29.7 Å². The summed E-state index contributed by atoms with van der Waals surface area (Å²) in [5.74, 6) is 0.378. The van der Waals surface area contributed by atoms with Gasteiger partial charge in [-0.2, -0.15) is 4.80 Å². The van der Waals surface area contributed by atoms with Crippen molar-refractivity contribution < 1.29 is 52.4 Å². The summed E-state index contributed by atoms with van der Waals surface area (Å²) in [6.07, 6.45) is -4.27. The molecule has 0 bridgehead atoms. The predicted molar refractivity (Wildman–Crippen MR) is 213 cm³/mol. The second kappa shape index (κ2) is 18.2. The van der Waals surface area contributed by atoms with E-state index in [4.69, 9.17) is 23.7 Å². The molecule has 0 spiro atoms. The molecule has 0 aliphatic carbocycles. The first-order valence-corrected chi connectivity index (χ1v) is 20.7. The van der Waals surface area contributed by atoms with E-state index in [-0.39, 0.29) is 31.3 Å². The van der Waals surface area contributed by atoms with Crippen molar-refractivity contribution in [2.24, 2.45) is 17.8 Å². The third kappa shape index (κ3) is 9.60. The molecule has 2 aromatic rings. The summed E-state index contributed by atoms with van der Waals surface area (Å²) in [5, 5.41) is 26.7. The van der Waals surface area contributed by atoms with Gasteiger partial charge in [-0.1, -0.05) is 45.6 Å². The normalized spacial score (nSPS) is 37.1. The number of aromatic nitrogens is 4. The maximum Gasteiger partial charge on any atom is 0.408 e. The SMILES string of the molecule is C=CCn1nnc(-c2ccc(C#CCO[C@@]3(C)C[C@@H](C)C(=O)[C@H](C)[C@H]4NC(=O)O[C@]4(C)[C@@H](CC)OC(=O)[C@@](C)(F)C(=O)[C@H](C)[C@H]3O[C@@H]3O[C@H](C)C[C@H](N(C)C)[C@H]3O)s2)n1. The monoisotopic (exact) mass is 844 g/mol. The van der Waals surface area contributed by atoms with Crippen molar-refractivity contribution in [2.75, 3.05) is 20.7 Å². The Hall–Kier alpha value is -4.12. The molecule has 5 heterocycles. The van der Waals surface area contributed by atoms with Crippen molar-refractivity contribution in [1.29, 1.82) is 0 Å². The fourth-order valence-corrected chi connectivity index (χ4v) is 9.32. The van der Waals surface area contributed by atoms with Gasteiger partial charge < -0.3 is 39.0 Å². The first-order valence-electron chi connectivity index (χ1n) is 19.9. The van der Waals surface area contributed by atoms with Crippen LogP contribution >= 0.6 is 11.3 Å². The van der Waals surface area contributed by atoms with E-state index in [1.165, 1.54) is 30.0 Å². The molecule has 0 unspecified atom stereocenters. The van der Waals surface area contributed by atoms with Gasteiger partial charge in [0.05, 0.1) is 40.1 Å². The van der Waals surface area contributed by atoms with E-state index in [0.717, 1.165) is 11.8 Å². The minimum atomic E-state index is -3.22. The summed E-state index contributed by atoms with van der Waals surface area (Å²) in [5.41, 5.74) is -6.42. The van der Waals surface area contributed by atoms with Crippen molar-refractivity contribution in [2.45, 2.75) is 141 Å². The molecule has 18 heteroatoms. The van der Waals surface area contributed by atoms with Gasteiger partial charge in [-0.3, -0.25) is 9.59 Å². The summed E-state index contributed by atoms with van der Waals surface area (Å²) < 4.78 is 47.5. The van der Waals surface area contributed by atoms with E-state index in [9.17, 15) is 24.3 Å². The number of hydrogen-bond donors (Lipinski definition) is 2. The number of fused-ring (bicyclic) bond motifs is 1. The highest BCUT2D eigenvalue weighted by molar-refractivity contribution is 7.15. The Bertz CT molecular complexity index is 1940. The van der Waals surface area contributed by atoms with Gasteiger partial charge in [0.1, 0.15) is 24.6 Å². The number of esters is 1. The Morgan fingerprint density at radius 2 is 1.86 bits per heavy atom. The molecule has 3 fully saturated rings. The molecule has 16 nitrogen and oxygen atoms in total. The fraction of sp³-hybridized carbons (Fsp3) is 0.683. The average molecular weight is 845 g/mol. The zero-order valence-corrected chi connectivity index (χ0v) is 36.2. The molecule has 59 heavy (non-hydrogen) atoms. The number of allylic oxidation sites excluding steroid dienone is 1. The van der Waals surface area contributed by atoms with Gasteiger partial charge in [0.25, 0.3) is 5.67 Å². The molecule has 324 valence electrons. The Morgan fingerprint density at radius 3 is 2.53 bits per heavy atom. The molecule has 0 radical (unpaired) electrons. The third-order valence-electron chi connectivity index (χ3n) is 11.7. The van der Waals surface area contributed by atoms with Crippen LogP contribution < -0.4 is 5.32 Å². The number of rotatable bonds is 9. The molecule has 3 aliphatic rings. The fourth-order valence-electron chi connectivity index (χ4n) is 8.51. The number of likely N-dealkylation sites (N-methyl/N-ethyl adjacent to an activating group) is 1. The van der Waals surface area contributed by atoms with Gasteiger partial charge in [-0.15, -0.1) is 28.1 Å². The van der Waals surface area contributed by atoms with Crippen LogP contribution in [0.3, 0.4) is 0 Å². The maximum atomic E-state index is 16.9. The molecule has 13 atom stereocenters. The van der Waals surface area contributed by atoms with Crippen LogP contribution in [0.5, 0.6) is 0 Å². The van der Waals surface area contributed by atoms with Crippen LogP contribution in [0.25, 0.3) is 10.7 Å². The van der Waals surface area contributed by atoms with Gasteiger partial charge in [0.2, 0.25) is 5.82 Å². The van der Waals surface area contributed by atoms with Crippen LogP contribution in [0.1, 0.15) is 79.5 Å². The van der Waals surface area contributed by atoms with Gasteiger partial charge in [0.15, 0.2) is 17.7 Å². The summed E-state index contributed by atoms with van der Waals surface area (Å²) in [6.45, 7) is 16.0. The number of Topliss-reactive ketones (excluding diaryl/α,β-unsaturated/α-hetero) is 2. The minimum Gasteiger partial charge on any atom is -0.455 e. The second-order valence-corrected chi connectivity index (χ2v) is 17.7. The first-order chi connectivity index (χ1) is 27.7. The molecule has 2 aromatic heterocycles. The van der Waals surface area contributed by atoms with Gasteiger partial charge in [0, 0.05) is 23.8 Å². The van der Waals surface area contributed by atoms with Crippen molar-refractivity contribution in [3.8, 4) is 22.5 Å². The van der Waals surface area contributed by atoms with Gasteiger partial charge in [-0.05, 0) is 78.4 Å². The molecule has 3 aliphatic heterocycles. The van der Waals surface area contributed by atoms with Crippen LogP contribution in [0.4, 0.5) is 9.18 Å². The Morgan fingerprint density at radius 1 is 1.15 bits per heavy atom. The summed E-state index contributed by atoms with van der Waals surface area (Å²) in [6, 6.07) is 2.23. The van der Waals surface area contributed by atoms with E-state index in [2.05, 4.69) is 39.1 Å². The number of aliphatic hydroxyl groups is 1. The highest BCUT2D eigenvalue weighted by atomic mass is 32.1. The smallest absolute Gasteiger partial charge is 0.408 e. The molecule has 0 saturated carbocycles. The second-order valence-electron chi connectivity index (χ2n) is 16.6. The van der Waals surface area contributed by atoms with Crippen LogP contribution in [0.2, 0.25) is 0 Å². The lowest BCUT2D eigenvalue weighted by Gasteiger charge is -2.47. The molecular weight excluding hydrogens is 788 g/mol. The Kier molecular flexibility index (Phi) is 14.2. The topological polar surface area (TPSA) is 194 Å². The number of cyclic esters (lactones) is 1. The number of alkyl halides is 1. The third-order valence-corrected chi connectivity index (χ3v) is 12.7. The zero-order chi connectivity index (χ0) is 43.6. The molecular formula is C41H57FN6O10S. The number of alkyl carbamates (subject to hydrolysis) is 1. The van der Waals surface area contributed by atoms with Crippen molar-refractivity contribution in [3.63, 3.8) is 0 Å². The van der Waals surface area contributed by atoms with Crippen molar-refractivity contribution >= 4 is 35.0 Å². The molecule has 0 aromatic carbocycles. The number of nitrogens with one attached hydrogen (secondary N) is 1. The number of amides is 1. The highest BCUT2D eigenvalue weighted by Crippen LogP contribution is 2.41. The van der Waals surface area contributed by atoms with Crippen LogP contribution in [-0.2, 0) is 44.6 Å². The average Bonchev–Trinajstić information content (AvgIpc) is 3.92. The zero-order valence-electron chi connectivity index (χ0n) is 35.4. The summed E-state index contributed by atoms with van der Waals surface area (Å²) in [7, 11) is 3.62. The number of hydrogen-bond acceptors (Lipinski definition) is 15. The number of halogens is 1. The number of tetrazole rings is 1. The van der Waals surface area contributed by atoms with E-state index >= 15 is 4.39 Å². The number of aliphatic hydroxyl groups excluding tert-OH is 1. The van der Waals surface area contributed by atoms with Crippen LogP contribution in [0, 0.1) is 29.6 Å². The number of ketones is 2. The summed E-state index contributed by atoms with van der Waals surface area (Å²) in [4.78, 5) is 60.0. The van der Waals surface area contributed by atoms with Gasteiger partial charge >= 0.3 is 12.1 Å². The number of nitrogens with zero attached hydrogens (tertiary/aromatic N) is 5. The maximum absolute atomic E-state index is 16.9. The highest BCUT2D eigenvalue weighted by Gasteiger charge is 2.59. The molecule has 1 amide bonds. The van der Waals surface area contributed by atoms with E-state index in [1.54, 1.807) is 39.8 Å². The van der Waals surface area contributed by atoms with E-state index in [1.807, 2.05) is 32.0 Å². The lowest BCUT2D eigenvalue weighted by Crippen LogP contribution is -2.61. The molecule has 5 rings (SSSR count). The number of thiophene rings is 1. The first kappa shape index (κ1) is 46.0. The number of carbonyl (C=O) groups excluding carboxylic acids is 4. The lowest BCUT2D eigenvalue weighted by atomic mass is 9.73. The Balaban J connectivity index is 1.56. The van der Waals surface area contributed by atoms with E-state index < -0.39 is 89.2 Å². The number of carbonyl (C=O) groups is 4. The minimum absolute atomic E-state index is 0.0752. The standard InChI is InChI=1S/C41H57FN6O10S/c1-12-18-48-45-35(44-46-48)28-17-16-26(59-28)15-14-19-54-39(7)21-22(3)30(49)24(5)32-41(9,58-38(53)43-32)29(13-2)56-37(52)40(8,42)33(51)25(6)34(39)57-36-31(50)27(47(10)11)20-23(4)55-36/h12,16-17,22-25,27,29,31-32,34,36,50H,1,13,18-21H2,2-11H3,(H,43,53)/t22-,23-,24+,25+,27+,29-,31-,32-,34-,36+,39+,40+,41-/m1/s1. The van der Waals surface area contributed by atoms with E-state index in [0.29, 0.717) is 23.7 Å².